The summed E-state index contributed by atoms with van der Waals surface area (Å²) in [4.78, 5) is 27.4. The molecule has 1 aromatic carbocycles. The predicted octanol–water partition coefficient (Wildman–Crippen LogP) is 4.31. The van der Waals surface area contributed by atoms with Crippen LogP contribution in [-0.2, 0) is 0 Å². The van der Waals surface area contributed by atoms with E-state index >= 15 is 0 Å². The lowest BCUT2D eigenvalue weighted by molar-refractivity contribution is 0.146. The number of benzene rings is 1. The molecule has 0 aliphatic carbocycles. The summed E-state index contributed by atoms with van der Waals surface area (Å²) in [5, 5.41) is 3.90. The van der Waals surface area contributed by atoms with Crippen LogP contribution in [0.5, 0.6) is 0 Å². The number of rotatable bonds is 5. The fourth-order valence-corrected chi connectivity index (χ4v) is 4.34. The number of amides is 2. The largest absolute Gasteiger partial charge is 0.347 e. The van der Waals surface area contributed by atoms with Gasteiger partial charge in [-0.15, -0.1) is 0 Å². The zero-order valence-corrected chi connectivity index (χ0v) is 20.2. The highest BCUT2D eigenvalue weighted by molar-refractivity contribution is 6.44. The topological polar surface area (TPSA) is 64.6 Å². The average molecular weight is 465 g/mol. The highest BCUT2D eigenvalue weighted by atomic mass is 35.5. The molecule has 7 nitrogen and oxygen atoms in total. The fourth-order valence-electron chi connectivity index (χ4n) is 3.73. The zero-order valence-electron chi connectivity index (χ0n) is 18.7. The molecule has 1 aliphatic heterocycles. The highest BCUT2D eigenvalue weighted by Gasteiger charge is 2.25. The molecule has 0 radical (unpaired) electrons. The fraction of sp³-hybridized carbons (Fsp3) is 0.500. The lowest BCUT2D eigenvalue weighted by Gasteiger charge is -2.35. The second-order valence-electron chi connectivity index (χ2n) is 8.31. The van der Waals surface area contributed by atoms with Gasteiger partial charge in [-0.1, -0.05) is 35.3 Å². The number of hydrogen-bond donors (Lipinski definition) is 1. The van der Waals surface area contributed by atoms with Crippen molar-refractivity contribution in [2.75, 3.05) is 46.2 Å². The summed E-state index contributed by atoms with van der Waals surface area (Å²) in [5.74, 6) is 0.618. The summed E-state index contributed by atoms with van der Waals surface area (Å²) in [6.45, 7) is 3.91. The second-order valence-corrected chi connectivity index (χ2v) is 9.07. The van der Waals surface area contributed by atoms with E-state index in [1.165, 1.54) is 0 Å². The Morgan fingerprint density at radius 1 is 1.13 bits per heavy atom. The van der Waals surface area contributed by atoms with Crippen LogP contribution in [-0.4, -0.2) is 73.1 Å². The van der Waals surface area contributed by atoms with Gasteiger partial charge in [0, 0.05) is 50.7 Å². The third-order valence-electron chi connectivity index (χ3n) is 5.82. The number of nitrogens with one attached hydrogen (secondary N) is 1. The Balaban J connectivity index is 1.72. The van der Waals surface area contributed by atoms with E-state index in [1.807, 2.05) is 45.1 Å². The normalized spacial score (nSPS) is 16.1. The molecule has 168 valence electrons. The van der Waals surface area contributed by atoms with Crippen LogP contribution in [0.3, 0.4) is 0 Å². The number of urea groups is 1. The molecule has 2 aromatic rings. The van der Waals surface area contributed by atoms with Crippen LogP contribution in [0, 0.1) is 0 Å². The number of halogens is 2. The first kappa shape index (κ1) is 23.6. The third-order valence-corrected chi connectivity index (χ3v) is 6.72. The third kappa shape index (κ3) is 5.40. The minimum absolute atomic E-state index is 0.106. The van der Waals surface area contributed by atoms with Crippen LogP contribution >= 0.6 is 23.2 Å². The molecule has 0 bridgehead atoms. The van der Waals surface area contributed by atoms with Gasteiger partial charge >= 0.3 is 6.03 Å². The predicted molar refractivity (Wildman–Crippen MR) is 127 cm³/mol. The first-order valence-electron chi connectivity index (χ1n) is 10.4. The minimum Gasteiger partial charge on any atom is -0.347 e. The van der Waals surface area contributed by atoms with Crippen LogP contribution in [0.25, 0.3) is 11.1 Å². The summed E-state index contributed by atoms with van der Waals surface area (Å²) in [6, 6.07) is 3.64. The Hall–Kier alpha value is -2.09. The van der Waals surface area contributed by atoms with Gasteiger partial charge in [0.2, 0.25) is 5.95 Å². The number of piperidine rings is 1. The molecule has 9 heteroatoms. The van der Waals surface area contributed by atoms with Crippen LogP contribution in [0.2, 0.25) is 10.0 Å². The van der Waals surface area contributed by atoms with Crippen molar-refractivity contribution in [2.24, 2.45) is 0 Å². The Morgan fingerprint density at radius 2 is 1.74 bits per heavy atom. The van der Waals surface area contributed by atoms with Crippen molar-refractivity contribution < 1.29 is 4.79 Å². The van der Waals surface area contributed by atoms with Crippen LogP contribution in [0.15, 0.2) is 24.5 Å². The van der Waals surface area contributed by atoms with Gasteiger partial charge in [0.05, 0.1) is 16.1 Å². The monoisotopic (exact) mass is 464 g/mol. The number of nitrogens with zero attached hydrogens (tertiary/aromatic N) is 5. The number of aromatic nitrogens is 2. The van der Waals surface area contributed by atoms with Gasteiger partial charge in [0.1, 0.15) is 0 Å². The van der Waals surface area contributed by atoms with Crippen molar-refractivity contribution in [3.8, 4) is 11.1 Å². The van der Waals surface area contributed by atoms with E-state index in [4.69, 9.17) is 23.2 Å². The summed E-state index contributed by atoms with van der Waals surface area (Å²) in [6.07, 6.45) is 5.40. The van der Waals surface area contributed by atoms with Gasteiger partial charge in [0.15, 0.2) is 0 Å². The van der Waals surface area contributed by atoms with Crippen molar-refractivity contribution in [3.05, 3.63) is 40.1 Å². The molecular formula is C22H30Cl2N6O. The van der Waals surface area contributed by atoms with Crippen LogP contribution < -0.4 is 10.2 Å². The summed E-state index contributed by atoms with van der Waals surface area (Å²) in [5.41, 5.74) is 2.30. The summed E-state index contributed by atoms with van der Waals surface area (Å²) >= 11 is 13.2. The molecule has 1 aromatic heterocycles. The molecule has 1 atom stereocenters. The Morgan fingerprint density at radius 3 is 2.32 bits per heavy atom. The van der Waals surface area contributed by atoms with Gasteiger partial charge in [-0.3, -0.25) is 0 Å². The molecule has 0 spiro atoms. The van der Waals surface area contributed by atoms with Crippen molar-refractivity contribution in [3.63, 3.8) is 0 Å². The van der Waals surface area contributed by atoms with Gasteiger partial charge in [-0.2, -0.15) is 0 Å². The number of carbonyl (C=O) groups excluding carboxylic acids is 1. The maximum atomic E-state index is 12.8. The van der Waals surface area contributed by atoms with Crippen molar-refractivity contribution >= 4 is 35.2 Å². The molecule has 31 heavy (non-hydrogen) atoms. The van der Waals surface area contributed by atoms with Crippen molar-refractivity contribution in [1.82, 2.24) is 25.1 Å². The smallest absolute Gasteiger partial charge is 0.317 e. The van der Waals surface area contributed by atoms with E-state index in [0.717, 1.165) is 42.6 Å². The van der Waals surface area contributed by atoms with E-state index in [0.29, 0.717) is 16.0 Å². The Labute approximate surface area is 194 Å². The Kier molecular flexibility index (Phi) is 7.62. The Bertz CT molecular complexity index is 913. The quantitative estimate of drug-likeness (QED) is 0.713. The molecular weight excluding hydrogens is 435 g/mol. The molecule has 3 rings (SSSR count). The number of hydrogen-bond acceptors (Lipinski definition) is 5. The summed E-state index contributed by atoms with van der Waals surface area (Å²) in [7, 11) is 7.73. The van der Waals surface area contributed by atoms with Crippen LogP contribution in [0.4, 0.5) is 10.7 Å². The maximum Gasteiger partial charge on any atom is 0.317 e. The standard InChI is InChI=1S/C22H30Cl2N6O/c1-14(27-22(31)30(5)16-8-10-29(4)11-9-16)17-6-7-18(20(24)19(17)23)15-12-25-21(26-13-15)28(2)3/h6-7,12-14,16H,8-11H2,1-5H3,(H,27,31). The summed E-state index contributed by atoms with van der Waals surface area (Å²) < 4.78 is 0. The molecule has 0 saturated carbocycles. The van der Waals surface area contributed by atoms with Gasteiger partial charge < -0.3 is 20.0 Å². The zero-order chi connectivity index (χ0) is 22.7. The van der Waals surface area contributed by atoms with Gasteiger partial charge in [-0.05, 0) is 45.5 Å². The molecule has 1 fully saturated rings. The second kappa shape index (κ2) is 10.0. The first-order chi connectivity index (χ1) is 14.7. The molecule has 2 amide bonds. The first-order valence-corrected chi connectivity index (χ1v) is 11.1. The molecule has 1 saturated heterocycles. The SMILES string of the molecule is CC(NC(=O)N(C)C1CCN(C)CC1)c1ccc(-c2cnc(N(C)C)nc2)c(Cl)c1Cl. The molecule has 1 N–H and O–H groups in total. The maximum absolute atomic E-state index is 12.8. The number of carbonyl (C=O) groups is 1. The van der Waals surface area contributed by atoms with Gasteiger partial charge in [-0.25, -0.2) is 14.8 Å². The van der Waals surface area contributed by atoms with E-state index < -0.39 is 0 Å². The lowest BCUT2D eigenvalue weighted by Crippen LogP contribution is -2.48. The van der Waals surface area contributed by atoms with Crippen molar-refractivity contribution in [1.29, 1.82) is 0 Å². The van der Waals surface area contributed by atoms with E-state index in [2.05, 4.69) is 27.2 Å². The minimum atomic E-state index is -0.285. The van der Waals surface area contributed by atoms with Crippen molar-refractivity contribution in [2.45, 2.75) is 31.8 Å². The van der Waals surface area contributed by atoms with E-state index in [9.17, 15) is 4.79 Å². The lowest BCUT2D eigenvalue weighted by atomic mass is 10.0. The highest BCUT2D eigenvalue weighted by Crippen LogP contribution is 2.38. The molecule has 2 heterocycles. The average Bonchev–Trinajstić information content (AvgIpc) is 2.75. The van der Waals surface area contributed by atoms with E-state index in [-0.39, 0.29) is 18.1 Å². The molecule has 1 aliphatic rings. The molecule has 1 unspecified atom stereocenters. The number of anilines is 1. The van der Waals surface area contributed by atoms with Crippen LogP contribution in [0.1, 0.15) is 31.4 Å². The number of likely N-dealkylation sites (tertiary alicyclic amines) is 1. The van der Waals surface area contributed by atoms with E-state index in [1.54, 1.807) is 17.3 Å². The van der Waals surface area contributed by atoms with Gasteiger partial charge in [0.25, 0.3) is 0 Å².